The van der Waals surface area contributed by atoms with Crippen LogP contribution in [0.4, 0.5) is 21.6 Å². The van der Waals surface area contributed by atoms with Crippen LogP contribution in [-0.2, 0) is 11.3 Å². The molecule has 0 aliphatic heterocycles. The van der Waals surface area contributed by atoms with Gasteiger partial charge in [0.2, 0.25) is 6.41 Å². The number of nitrogens with zero attached hydrogens (tertiary/aromatic N) is 4. The van der Waals surface area contributed by atoms with Crippen LogP contribution in [-0.4, -0.2) is 35.6 Å². The molecule has 0 fully saturated rings. The predicted molar refractivity (Wildman–Crippen MR) is 144 cm³/mol. The fraction of sp³-hybridized carbons (Fsp3) is 0.0714. The molecule has 4 aromatic rings. The van der Waals surface area contributed by atoms with E-state index in [1.807, 2.05) is 6.07 Å². The second kappa shape index (κ2) is 11.9. The number of amides is 2. The third kappa shape index (κ3) is 6.24. The number of carbonyl (C=O) groups excluding carboxylic acids is 2. The average Bonchev–Trinajstić information content (AvgIpc) is 3.43. The van der Waals surface area contributed by atoms with E-state index < -0.39 is 11.7 Å². The van der Waals surface area contributed by atoms with E-state index >= 15 is 4.39 Å². The molecule has 190 valence electrons. The van der Waals surface area contributed by atoms with Crippen molar-refractivity contribution in [2.24, 2.45) is 5.10 Å². The Morgan fingerprint density at radius 3 is 2.68 bits per heavy atom. The van der Waals surface area contributed by atoms with Crippen molar-refractivity contribution >= 4 is 47.3 Å². The van der Waals surface area contributed by atoms with Crippen LogP contribution in [0.1, 0.15) is 27.2 Å². The third-order valence-electron chi connectivity index (χ3n) is 5.34. The van der Waals surface area contributed by atoms with Gasteiger partial charge in [-0.25, -0.2) is 9.37 Å². The highest BCUT2D eigenvalue weighted by atomic mass is 35.5. The first-order valence-corrected chi connectivity index (χ1v) is 11.6. The Balaban J connectivity index is 1.57. The number of terminal acetylenes is 1. The Bertz CT molecular complexity index is 1510. The van der Waals surface area contributed by atoms with Gasteiger partial charge in [0, 0.05) is 23.8 Å². The number of hydrogen-bond acceptors (Lipinski definition) is 6. The van der Waals surface area contributed by atoms with Gasteiger partial charge < -0.3 is 9.73 Å². The first-order chi connectivity index (χ1) is 18.4. The molecule has 10 heteroatoms. The quantitative estimate of drug-likeness (QED) is 0.134. The molecule has 0 radical (unpaired) electrons. The smallest absolute Gasteiger partial charge is 0.259 e. The van der Waals surface area contributed by atoms with Gasteiger partial charge in [0.15, 0.2) is 0 Å². The van der Waals surface area contributed by atoms with Crippen molar-refractivity contribution < 1.29 is 18.4 Å². The van der Waals surface area contributed by atoms with Crippen LogP contribution in [0.15, 0.2) is 82.6 Å². The molecule has 2 heterocycles. The van der Waals surface area contributed by atoms with Crippen LogP contribution >= 0.6 is 11.6 Å². The van der Waals surface area contributed by atoms with Gasteiger partial charge in [-0.15, -0.1) is 6.42 Å². The summed E-state index contributed by atoms with van der Waals surface area (Å²) in [5.74, 6) is 2.12. The molecular formula is C28H21ClFN5O3. The summed E-state index contributed by atoms with van der Waals surface area (Å²) in [6.45, 7) is 0.438. The van der Waals surface area contributed by atoms with Crippen molar-refractivity contribution in [3.8, 4) is 12.3 Å². The third-order valence-corrected chi connectivity index (χ3v) is 5.57. The Morgan fingerprint density at radius 2 is 2.03 bits per heavy atom. The molecule has 2 amide bonds. The highest BCUT2D eigenvalue weighted by Gasteiger charge is 2.21. The van der Waals surface area contributed by atoms with Crippen molar-refractivity contribution in [2.75, 3.05) is 17.3 Å². The number of aromatic nitrogens is 1. The zero-order valence-electron chi connectivity index (χ0n) is 20.1. The zero-order chi connectivity index (χ0) is 27.1. The Labute approximate surface area is 223 Å². The highest BCUT2D eigenvalue weighted by Crippen LogP contribution is 2.32. The van der Waals surface area contributed by atoms with E-state index in [-0.39, 0.29) is 27.8 Å². The lowest BCUT2D eigenvalue weighted by Crippen LogP contribution is -2.22. The highest BCUT2D eigenvalue weighted by molar-refractivity contribution is 6.31. The number of hydrogen-bond donors (Lipinski definition) is 1. The number of pyridine rings is 1. The maximum atomic E-state index is 15.2. The summed E-state index contributed by atoms with van der Waals surface area (Å²) >= 11 is 6.13. The van der Waals surface area contributed by atoms with Gasteiger partial charge in [0.05, 0.1) is 36.0 Å². The fourth-order valence-electron chi connectivity index (χ4n) is 3.51. The largest absolute Gasteiger partial charge is 0.467 e. The average molecular weight is 530 g/mol. The summed E-state index contributed by atoms with van der Waals surface area (Å²) in [6.07, 6.45) is 10.2. The van der Waals surface area contributed by atoms with E-state index in [4.69, 9.17) is 22.4 Å². The molecule has 0 spiro atoms. The van der Waals surface area contributed by atoms with E-state index in [1.54, 1.807) is 42.6 Å². The van der Waals surface area contributed by atoms with Gasteiger partial charge in [-0.2, -0.15) is 5.10 Å². The van der Waals surface area contributed by atoms with Crippen LogP contribution in [0.3, 0.4) is 0 Å². The second-order valence-electron chi connectivity index (χ2n) is 8.02. The topological polar surface area (TPSA) is 91.0 Å². The fourth-order valence-corrected chi connectivity index (χ4v) is 3.69. The molecule has 0 saturated heterocycles. The second-order valence-corrected chi connectivity index (χ2v) is 8.45. The van der Waals surface area contributed by atoms with Crippen LogP contribution in [0.25, 0.3) is 0 Å². The molecule has 8 nitrogen and oxygen atoms in total. The number of hydrazone groups is 1. The SMILES string of the molecule is C#Cc1ccc(NC(=O)c2cc(Cl)ccc2N(C=O)c2ccc(C=NN(C)Cc3ccco3)cc2F)nc1. The maximum Gasteiger partial charge on any atom is 0.259 e. The molecule has 0 aliphatic carbocycles. The summed E-state index contributed by atoms with van der Waals surface area (Å²) < 4.78 is 20.5. The first kappa shape index (κ1) is 26.1. The van der Waals surface area contributed by atoms with E-state index in [0.29, 0.717) is 24.1 Å². The summed E-state index contributed by atoms with van der Waals surface area (Å²) in [4.78, 5) is 30.3. The first-order valence-electron chi connectivity index (χ1n) is 11.2. The van der Waals surface area contributed by atoms with Crippen molar-refractivity contribution in [3.63, 3.8) is 0 Å². The summed E-state index contributed by atoms with van der Waals surface area (Å²) in [7, 11) is 1.75. The number of rotatable bonds is 9. The van der Waals surface area contributed by atoms with Crippen molar-refractivity contribution in [1.29, 1.82) is 0 Å². The van der Waals surface area contributed by atoms with Gasteiger partial charge in [0.1, 0.15) is 17.4 Å². The maximum absolute atomic E-state index is 15.2. The van der Waals surface area contributed by atoms with E-state index in [1.165, 1.54) is 42.7 Å². The normalized spacial score (nSPS) is 10.7. The molecule has 38 heavy (non-hydrogen) atoms. The van der Waals surface area contributed by atoms with Gasteiger partial charge in [0.25, 0.3) is 5.91 Å². The van der Waals surface area contributed by atoms with E-state index in [0.717, 1.165) is 10.7 Å². The van der Waals surface area contributed by atoms with E-state index in [9.17, 15) is 9.59 Å². The Hall–Kier alpha value is -4.94. The Morgan fingerprint density at radius 1 is 1.21 bits per heavy atom. The van der Waals surface area contributed by atoms with Gasteiger partial charge in [-0.1, -0.05) is 23.6 Å². The van der Waals surface area contributed by atoms with Crippen molar-refractivity contribution in [2.45, 2.75) is 6.54 Å². The molecule has 2 aromatic heterocycles. The zero-order valence-corrected chi connectivity index (χ0v) is 20.9. The molecule has 0 saturated carbocycles. The van der Waals surface area contributed by atoms with Crippen LogP contribution in [0.5, 0.6) is 0 Å². The van der Waals surface area contributed by atoms with Crippen LogP contribution < -0.4 is 10.2 Å². The lowest BCUT2D eigenvalue weighted by molar-refractivity contribution is -0.106. The van der Waals surface area contributed by atoms with Crippen LogP contribution in [0.2, 0.25) is 5.02 Å². The minimum absolute atomic E-state index is 0.0389. The lowest BCUT2D eigenvalue weighted by atomic mass is 10.1. The summed E-state index contributed by atoms with van der Waals surface area (Å²) in [6, 6.07) is 15.4. The molecule has 4 rings (SSSR count). The molecule has 0 bridgehead atoms. The Kier molecular flexibility index (Phi) is 8.16. The molecule has 0 unspecified atom stereocenters. The minimum atomic E-state index is -0.692. The molecular weight excluding hydrogens is 509 g/mol. The predicted octanol–water partition coefficient (Wildman–Crippen LogP) is 5.46. The van der Waals surface area contributed by atoms with Crippen molar-refractivity contribution in [1.82, 2.24) is 9.99 Å². The number of halogens is 2. The molecule has 2 aromatic carbocycles. The van der Waals surface area contributed by atoms with E-state index in [2.05, 4.69) is 21.3 Å². The number of furan rings is 1. The molecule has 0 atom stereocenters. The van der Waals surface area contributed by atoms with Gasteiger partial charge in [-0.3, -0.25) is 19.5 Å². The summed E-state index contributed by atoms with van der Waals surface area (Å²) in [5, 5.41) is 8.80. The summed E-state index contributed by atoms with van der Waals surface area (Å²) in [5.41, 5.74) is 1.12. The number of nitrogens with one attached hydrogen (secondary N) is 1. The number of benzene rings is 2. The van der Waals surface area contributed by atoms with Gasteiger partial charge in [-0.05, 0) is 60.2 Å². The van der Waals surface area contributed by atoms with Gasteiger partial charge >= 0.3 is 0 Å². The lowest BCUT2D eigenvalue weighted by Gasteiger charge is -2.21. The monoisotopic (exact) mass is 529 g/mol. The number of anilines is 3. The molecule has 1 N–H and O–H groups in total. The number of carbonyl (C=O) groups is 2. The molecule has 0 aliphatic rings. The standard InChI is InChI=1S/C28H21ClFN5O3/c1-3-19-7-11-27(31-15-19)33-28(37)23-14-21(29)8-10-25(23)35(18-36)26-9-6-20(13-24(26)30)16-32-34(2)17-22-5-4-12-38-22/h1,4-16,18H,17H2,2H3,(H,31,33,37). The van der Waals surface area contributed by atoms with Crippen LogP contribution in [0, 0.1) is 18.2 Å². The minimum Gasteiger partial charge on any atom is -0.467 e. The van der Waals surface area contributed by atoms with Crippen molar-refractivity contribution in [3.05, 3.63) is 106 Å².